The van der Waals surface area contributed by atoms with Crippen molar-refractivity contribution < 1.29 is 0 Å². The van der Waals surface area contributed by atoms with Crippen molar-refractivity contribution in [2.75, 3.05) is 6.54 Å². The van der Waals surface area contributed by atoms with Gasteiger partial charge in [0, 0.05) is 12.1 Å². The molecule has 0 radical (unpaired) electrons. The topological polar surface area (TPSA) is 12.0 Å². The Morgan fingerprint density at radius 1 is 1.43 bits per heavy atom. The lowest BCUT2D eigenvalue weighted by molar-refractivity contribution is 0.762. The Labute approximate surface area is 90.8 Å². The maximum absolute atomic E-state index is 5.99. The summed E-state index contributed by atoms with van der Waals surface area (Å²) >= 11 is 5.99. The summed E-state index contributed by atoms with van der Waals surface area (Å²) in [5.41, 5.74) is 8.11. The molecule has 0 saturated carbocycles. The maximum atomic E-state index is 5.99. The maximum Gasteiger partial charge on any atom is 0.114 e. The van der Waals surface area contributed by atoms with Crippen LogP contribution in [-0.2, 0) is 0 Å². The fraction of sp³-hybridized carbons (Fsp3) is 0.500. The minimum absolute atomic E-state index is 0.464. The van der Waals surface area contributed by atoms with E-state index in [9.17, 15) is 0 Å². The molecule has 1 aliphatic rings. The molecule has 2 heteroatoms. The first-order chi connectivity index (χ1) is 6.65. The molecule has 0 unspecified atom stereocenters. The van der Waals surface area contributed by atoms with Crippen LogP contribution in [0.4, 0.5) is 0 Å². The summed E-state index contributed by atoms with van der Waals surface area (Å²) in [4.78, 5) is 0. The molecule has 76 valence electrons. The molecule has 0 aliphatic heterocycles. The predicted molar refractivity (Wildman–Crippen MR) is 61.1 cm³/mol. The smallest absolute Gasteiger partial charge is 0.114 e. The summed E-state index contributed by atoms with van der Waals surface area (Å²) in [5.74, 6) is 0.464. The molecular formula is C12H16ClN. The van der Waals surface area contributed by atoms with E-state index in [2.05, 4.69) is 43.6 Å². The van der Waals surface area contributed by atoms with Gasteiger partial charge >= 0.3 is 0 Å². The first-order valence-corrected chi connectivity index (χ1v) is 5.40. The molecule has 0 aromatic heterocycles. The van der Waals surface area contributed by atoms with Gasteiger partial charge in [0.2, 0.25) is 0 Å². The molecule has 0 spiro atoms. The van der Waals surface area contributed by atoms with Gasteiger partial charge in [-0.2, -0.15) is 0 Å². The predicted octanol–water partition coefficient (Wildman–Crippen LogP) is 3.34. The van der Waals surface area contributed by atoms with Crippen LogP contribution in [0.5, 0.6) is 0 Å². The Bertz CT molecular complexity index is 337. The van der Waals surface area contributed by atoms with Crippen molar-refractivity contribution in [3.8, 4) is 0 Å². The van der Waals surface area contributed by atoms with Crippen LogP contribution in [0.3, 0.4) is 0 Å². The van der Waals surface area contributed by atoms with E-state index in [1.165, 1.54) is 0 Å². The zero-order chi connectivity index (χ0) is 10.6. The molecule has 0 atom stereocenters. The summed E-state index contributed by atoms with van der Waals surface area (Å²) < 4.78 is 0. The second kappa shape index (κ2) is 5.12. The molecule has 14 heavy (non-hydrogen) atoms. The highest BCUT2D eigenvalue weighted by Gasteiger charge is 2.08. The second-order valence-corrected chi connectivity index (χ2v) is 4.04. The van der Waals surface area contributed by atoms with Gasteiger partial charge in [-0.15, -0.1) is 0 Å². The van der Waals surface area contributed by atoms with Crippen molar-refractivity contribution in [2.24, 2.45) is 5.92 Å². The van der Waals surface area contributed by atoms with Gasteiger partial charge in [0.15, 0.2) is 0 Å². The largest absolute Gasteiger partial charge is 0.383 e. The van der Waals surface area contributed by atoms with Crippen LogP contribution in [0.1, 0.15) is 27.2 Å². The summed E-state index contributed by atoms with van der Waals surface area (Å²) in [6, 6.07) is 0. The number of hydrogen-bond donors (Lipinski definition) is 1. The second-order valence-electron chi connectivity index (χ2n) is 3.66. The number of rotatable bonds is 4. The Morgan fingerprint density at radius 3 is 2.71 bits per heavy atom. The van der Waals surface area contributed by atoms with Crippen LogP contribution in [0, 0.1) is 5.92 Å². The number of allylic oxidation sites excluding steroid dienone is 3. The summed E-state index contributed by atoms with van der Waals surface area (Å²) in [6.07, 6.45) is 3.14. The Hall–Kier alpha value is -0.870. The number of halogens is 1. The highest BCUT2D eigenvalue weighted by molar-refractivity contribution is 6.31. The highest BCUT2D eigenvalue weighted by atomic mass is 35.5. The average Bonchev–Trinajstić information content (AvgIpc) is 2.16. The van der Waals surface area contributed by atoms with Crippen LogP contribution >= 0.6 is 11.6 Å². The minimum Gasteiger partial charge on any atom is -0.383 e. The fourth-order valence-corrected chi connectivity index (χ4v) is 1.32. The standard InChI is InChI=1S/C12H16ClN/c1-4-7-14-12-8-10(9(2)3)5-6-11(12)13/h8-9,14H,4,7H2,1-3H3. The lowest BCUT2D eigenvalue weighted by atomic mass is 10.0. The van der Waals surface area contributed by atoms with Gasteiger partial charge in [-0.1, -0.05) is 38.1 Å². The molecule has 0 aromatic rings. The summed E-state index contributed by atoms with van der Waals surface area (Å²) in [7, 11) is 0. The average molecular weight is 210 g/mol. The lowest BCUT2D eigenvalue weighted by Crippen LogP contribution is -2.15. The SMILES string of the molecule is CCCNC1=CC(C(C)C)=C=C=C1Cl. The summed E-state index contributed by atoms with van der Waals surface area (Å²) in [6.45, 7) is 7.34. The lowest BCUT2D eigenvalue weighted by Gasteiger charge is -2.12. The van der Waals surface area contributed by atoms with Crippen LogP contribution < -0.4 is 5.32 Å². The van der Waals surface area contributed by atoms with Crippen LogP contribution in [0.2, 0.25) is 0 Å². The molecule has 0 saturated heterocycles. The van der Waals surface area contributed by atoms with E-state index in [1.54, 1.807) is 0 Å². The first-order valence-electron chi connectivity index (χ1n) is 5.02. The normalized spacial score (nSPS) is 15.1. The molecule has 1 aliphatic carbocycles. The van der Waals surface area contributed by atoms with Crippen molar-refractivity contribution in [2.45, 2.75) is 27.2 Å². The van der Waals surface area contributed by atoms with E-state index in [4.69, 9.17) is 11.6 Å². The Kier molecular flexibility index (Phi) is 4.10. The zero-order valence-electron chi connectivity index (χ0n) is 8.95. The van der Waals surface area contributed by atoms with Gasteiger partial charge in [-0.05, 0) is 24.1 Å². The quantitative estimate of drug-likeness (QED) is 0.701. The third-order valence-corrected chi connectivity index (χ3v) is 2.34. The van der Waals surface area contributed by atoms with Crippen LogP contribution in [0.25, 0.3) is 0 Å². The molecule has 1 rings (SSSR count). The molecule has 1 nitrogen and oxygen atoms in total. The molecule has 0 amide bonds. The highest BCUT2D eigenvalue weighted by Crippen LogP contribution is 2.20. The number of nitrogens with one attached hydrogen (secondary N) is 1. The van der Waals surface area contributed by atoms with Gasteiger partial charge in [-0.25, -0.2) is 0 Å². The fourth-order valence-electron chi connectivity index (χ4n) is 1.15. The molecule has 0 heterocycles. The van der Waals surface area contributed by atoms with E-state index in [1.807, 2.05) is 0 Å². The van der Waals surface area contributed by atoms with E-state index in [0.29, 0.717) is 11.0 Å². The molecule has 0 aromatic carbocycles. The van der Waals surface area contributed by atoms with Gasteiger partial charge in [0.05, 0.1) is 5.70 Å². The van der Waals surface area contributed by atoms with Crippen molar-refractivity contribution in [1.82, 2.24) is 5.32 Å². The summed E-state index contributed by atoms with van der Waals surface area (Å²) in [5, 5.41) is 3.90. The third-order valence-electron chi connectivity index (χ3n) is 2.04. The van der Waals surface area contributed by atoms with E-state index < -0.39 is 0 Å². The monoisotopic (exact) mass is 209 g/mol. The van der Waals surface area contributed by atoms with Crippen molar-refractivity contribution in [1.29, 1.82) is 0 Å². The van der Waals surface area contributed by atoms with Crippen molar-refractivity contribution in [3.63, 3.8) is 0 Å². The van der Waals surface area contributed by atoms with Gasteiger partial charge < -0.3 is 5.32 Å². The zero-order valence-corrected chi connectivity index (χ0v) is 9.70. The van der Waals surface area contributed by atoms with Gasteiger partial charge in [-0.3, -0.25) is 0 Å². The molecular weight excluding hydrogens is 194 g/mol. The van der Waals surface area contributed by atoms with Gasteiger partial charge in [0.1, 0.15) is 5.03 Å². The van der Waals surface area contributed by atoms with Crippen LogP contribution in [0.15, 0.2) is 33.8 Å². The minimum atomic E-state index is 0.464. The van der Waals surface area contributed by atoms with E-state index in [-0.39, 0.29) is 0 Å². The third kappa shape index (κ3) is 2.82. The molecule has 0 bridgehead atoms. The molecule has 0 fully saturated rings. The van der Waals surface area contributed by atoms with E-state index in [0.717, 1.165) is 24.2 Å². The van der Waals surface area contributed by atoms with Crippen molar-refractivity contribution in [3.05, 3.63) is 33.8 Å². The van der Waals surface area contributed by atoms with Crippen molar-refractivity contribution >= 4 is 11.6 Å². The Morgan fingerprint density at radius 2 is 2.14 bits per heavy atom. The molecule has 1 N–H and O–H groups in total. The first kappa shape index (κ1) is 11.2. The van der Waals surface area contributed by atoms with Crippen LogP contribution in [-0.4, -0.2) is 6.54 Å². The van der Waals surface area contributed by atoms with Gasteiger partial charge in [0.25, 0.3) is 0 Å². The van der Waals surface area contributed by atoms with E-state index >= 15 is 0 Å². The number of hydrogen-bond acceptors (Lipinski definition) is 1. The Balaban J connectivity index is 2.83.